The Labute approximate surface area is 264 Å². The lowest BCUT2D eigenvalue weighted by Crippen LogP contribution is -1.91. The van der Waals surface area contributed by atoms with E-state index in [2.05, 4.69) is 60.7 Å². The predicted molar refractivity (Wildman–Crippen MR) is 183 cm³/mol. The molecule has 0 unspecified atom stereocenters. The van der Waals surface area contributed by atoms with Gasteiger partial charge in [-0.15, -0.1) is 0 Å². The van der Waals surface area contributed by atoms with Crippen LogP contribution in [-0.2, 0) is 0 Å². The molecule has 4 rings (SSSR count). The third-order valence-corrected chi connectivity index (χ3v) is 7.96. The van der Waals surface area contributed by atoms with Gasteiger partial charge < -0.3 is 18.9 Å². The fourth-order valence-electron chi connectivity index (χ4n) is 5.38. The van der Waals surface area contributed by atoms with E-state index in [1.807, 2.05) is 48.5 Å². The minimum atomic E-state index is 0.871. The normalized spacial score (nSPS) is 10.5. The fraction of sp³-hybridized carbons (Fsp3) is 0.300. The Morgan fingerprint density at radius 1 is 0.364 bits per heavy atom. The zero-order chi connectivity index (χ0) is 31.0. The molecule has 0 saturated heterocycles. The summed E-state index contributed by atoms with van der Waals surface area (Å²) < 4.78 is 21.5. The Morgan fingerprint density at radius 3 is 0.818 bits per heavy atom. The maximum Gasteiger partial charge on any atom is 0.118 e. The molecule has 0 atom stereocenters. The molecule has 230 valence electrons. The molecule has 4 heteroatoms. The monoisotopic (exact) mass is 590 g/mol. The van der Waals surface area contributed by atoms with E-state index in [1.54, 1.807) is 28.4 Å². The SMILES string of the molecule is COc1ccc(C(=CCCCCCCCCC=C(c2ccc(OC)cc2)c2ccc(OC)cc2)c2ccc(OC)cc2)cc1. The molecule has 0 N–H and O–H groups in total. The lowest BCUT2D eigenvalue weighted by Gasteiger charge is -2.11. The Balaban J connectivity index is 1.27. The third-order valence-electron chi connectivity index (χ3n) is 7.96. The van der Waals surface area contributed by atoms with E-state index in [0.717, 1.165) is 35.8 Å². The molecule has 0 saturated carbocycles. The van der Waals surface area contributed by atoms with Gasteiger partial charge in [-0.05, 0) is 108 Å². The van der Waals surface area contributed by atoms with Gasteiger partial charge in [0.1, 0.15) is 23.0 Å². The van der Waals surface area contributed by atoms with Crippen LogP contribution in [-0.4, -0.2) is 28.4 Å². The topological polar surface area (TPSA) is 36.9 Å². The summed E-state index contributed by atoms with van der Waals surface area (Å²) in [6.07, 6.45) is 14.3. The van der Waals surface area contributed by atoms with Crippen molar-refractivity contribution in [2.24, 2.45) is 0 Å². The van der Waals surface area contributed by atoms with E-state index >= 15 is 0 Å². The molecular weight excluding hydrogens is 544 g/mol. The molecule has 0 heterocycles. The van der Waals surface area contributed by atoms with Crippen LogP contribution < -0.4 is 18.9 Å². The van der Waals surface area contributed by atoms with Crippen LogP contribution in [0.5, 0.6) is 23.0 Å². The molecule has 4 nitrogen and oxygen atoms in total. The summed E-state index contributed by atoms with van der Waals surface area (Å²) in [5.41, 5.74) is 7.32. The van der Waals surface area contributed by atoms with E-state index in [4.69, 9.17) is 18.9 Å². The van der Waals surface area contributed by atoms with Crippen LogP contribution in [0.1, 0.15) is 73.6 Å². The van der Waals surface area contributed by atoms with Gasteiger partial charge in [-0.1, -0.05) is 86.4 Å². The Kier molecular flexibility index (Phi) is 13.0. The lowest BCUT2D eigenvalue weighted by atomic mass is 9.95. The number of rotatable bonds is 17. The van der Waals surface area contributed by atoms with Gasteiger partial charge in [0.15, 0.2) is 0 Å². The molecule has 0 bridgehead atoms. The predicted octanol–water partition coefficient (Wildman–Crippen LogP) is 10.4. The highest BCUT2D eigenvalue weighted by molar-refractivity contribution is 5.81. The second-order valence-electron chi connectivity index (χ2n) is 10.8. The second kappa shape index (κ2) is 17.6. The molecule has 0 aliphatic rings. The minimum absolute atomic E-state index is 0.871. The van der Waals surface area contributed by atoms with Gasteiger partial charge >= 0.3 is 0 Å². The first kappa shape index (κ1) is 32.5. The largest absolute Gasteiger partial charge is 0.497 e. The fourth-order valence-corrected chi connectivity index (χ4v) is 5.38. The summed E-state index contributed by atoms with van der Waals surface area (Å²) in [5, 5.41) is 0. The van der Waals surface area contributed by atoms with E-state index in [9.17, 15) is 0 Å². The zero-order valence-corrected chi connectivity index (χ0v) is 26.7. The molecule has 0 aromatic heterocycles. The average Bonchev–Trinajstić information content (AvgIpc) is 3.09. The van der Waals surface area contributed by atoms with E-state index < -0.39 is 0 Å². The van der Waals surface area contributed by atoms with Crippen molar-refractivity contribution in [1.82, 2.24) is 0 Å². The second-order valence-corrected chi connectivity index (χ2v) is 10.8. The van der Waals surface area contributed by atoms with Crippen molar-refractivity contribution in [3.8, 4) is 23.0 Å². The Hall–Kier alpha value is -4.44. The van der Waals surface area contributed by atoms with Gasteiger partial charge in [-0.2, -0.15) is 0 Å². The molecule has 44 heavy (non-hydrogen) atoms. The average molecular weight is 591 g/mol. The van der Waals surface area contributed by atoms with Gasteiger partial charge in [0.2, 0.25) is 0 Å². The van der Waals surface area contributed by atoms with Gasteiger partial charge in [-0.25, -0.2) is 0 Å². The van der Waals surface area contributed by atoms with Crippen LogP contribution >= 0.6 is 0 Å². The van der Waals surface area contributed by atoms with E-state index in [0.29, 0.717) is 0 Å². The first-order valence-corrected chi connectivity index (χ1v) is 15.6. The molecule has 4 aromatic rings. The van der Waals surface area contributed by atoms with E-state index in [1.165, 1.54) is 71.9 Å². The summed E-state index contributed by atoms with van der Waals surface area (Å²) >= 11 is 0. The number of allylic oxidation sites excluding steroid dienone is 2. The van der Waals surface area contributed by atoms with Gasteiger partial charge in [-0.3, -0.25) is 0 Å². The number of benzene rings is 4. The van der Waals surface area contributed by atoms with Crippen molar-refractivity contribution in [2.45, 2.75) is 51.4 Å². The smallest absolute Gasteiger partial charge is 0.118 e. The van der Waals surface area contributed by atoms with Crippen LogP contribution in [0.2, 0.25) is 0 Å². The van der Waals surface area contributed by atoms with Crippen LogP contribution in [0.3, 0.4) is 0 Å². The van der Waals surface area contributed by atoms with Crippen LogP contribution in [0.25, 0.3) is 11.1 Å². The number of ether oxygens (including phenoxy) is 4. The molecule has 0 radical (unpaired) electrons. The Morgan fingerprint density at radius 2 is 0.591 bits per heavy atom. The zero-order valence-electron chi connectivity index (χ0n) is 26.7. The number of unbranched alkanes of at least 4 members (excludes halogenated alkanes) is 7. The van der Waals surface area contributed by atoms with Crippen LogP contribution in [0.4, 0.5) is 0 Å². The number of methoxy groups -OCH3 is 4. The first-order chi connectivity index (χ1) is 21.6. The van der Waals surface area contributed by atoms with Crippen LogP contribution in [0, 0.1) is 0 Å². The molecule has 0 spiro atoms. The van der Waals surface area contributed by atoms with Crippen molar-refractivity contribution in [1.29, 1.82) is 0 Å². The summed E-state index contributed by atoms with van der Waals surface area (Å²) in [7, 11) is 6.81. The third kappa shape index (κ3) is 9.54. The quantitative estimate of drug-likeness (QED) is 0.115. The van der Waals surface area contributed by atoms with Crippen molar-refractivity contribution in [3.05, 3.63) is 131 Å². The van der Waals surface area contributed by atoms with Crippen molar-refractivity contribution in [2.75, 3.05) is 28.4 Å². The highest BCUT2D eigenvalue weighted by Crippen LogP contribution is 2.29. The maximum atomic E-state index is 5.37. The molecule has 0 amide bonds. The highest BCUT2D eigenvalue weighted by Gasteiger charge is 2.08. The molecular formula is C40H46O4. The molecule has 4 aromatic carbocycles. The van der Waals surface area contributed by atoms with Crippen LogP contribution in [0.15, 0.2) is 109 Å². The van der Waals surface area contributed by atoms with Gasteiger partial charge in [0.05, 0.1) is 28.4 Å². The van der Waals surface area contributed by atoms with Gasteiger partial charge in [0.25, 0.3) is 0 Å². The summed E-state index contributed by atoms with van der Waals surface area (Å²) in [6, 6.07) is 33.3. The molecule has 0 fully saturated rings. The maximum absolute atomic E-state index is 5.37. The molecule has 0 aliphatic carbocycles. The Bertz CT molecular complexity index is 1230. The number of hydrogen-bond acceptors (Lipinski definition) is 4. The summed E-state index contributed by atoms with van der Waals surface area (Å²) in [4.78, 5) is 0. The van der Waals surface area contributed by atoms with Gasteiger partial charge in [0, 0.05) is 0 Å². The molecule has 0 aliphatic heterocycles. The highest BCUT2D eigenvalue weighted by atomic mass is 16.5. The first-order valence-electron chi connectivity index (χ1n) is 15.6. The van der Waals surface area contributed by atoms with E-state index in [-0.39, 0.29) is 0 Å². The number of hydrogen-bond donors (Lipinski definition) is 0. The van der Waals surface area contributed by atoms with Crippen molar-refractivity contribution < 1.29 is 18.9 Å². The summed E-state index contributed by atoms with van der Waals surface area (Å²) in [6.45, 7) is 0. The van der Waals surface area contributed by atoms with Crippen molar-refractivity contribution >= 4 is 11.1 Å². The summed E-state index contributed by atoms with van der Waals surface area (Å²) in [5.74, 6) is 3.49. The standard InChI is InChI=1S/C40H46O4/c1-41-35-23-15-31(16-24-35)39(32-17-25-36(42-2)26-18-32)13-11-9-7-5-6-8-10-12-14-40(33-19-27-37(43-3)28-20-33)34-21-29-38(44-4)30-22-34/h13-30H,5-12H2,1-4H3. The lowest BCUT2D eigenvalue weighted by molar-refractivity contribution is 0.414. The van der Waals surface area contributed by atoms with Crippen molar-refractivity contribution in [3.63, 3.8) is 0 Å². The minimum Gasteiger partial charge on any atom is -0.497 e.